The van der Waals surface area contributed by atoms with E-state index in [1.54, 1.807) is 26.3 Å². The molecule has 0 radical (unpaired) electrons. The molecule has 1 atom stereocenters. The van der Waals surface area contributed by atoms with Gasteiger partial charge in [0.25, 0.3) is 0 Å². The minimum absolute atomic E-state index is 0.298. The third-order valence-corrected chi connectivity index (χ3v) is 8.54. The smallest absolute Gasteiger partial charge is 0.227 e. The molecule has 1 aliphatic heterocycles. The molecular formula is C28H33N5O3S. The van der Waals surface area contributed by atoms with E-state index >= 15 is 0 Å². The molecule has 2 aromatic carbocycles. The number of aryl methyl sites for hydroxylation is 2. The molecule has 1 unspecified atom stereocenters. The fraction of sp³-hybridized carbons (Fsp3) is 0.357. The van der Waals surface area contributed by atoms with Crippen molar-refractivity contribution in [3.05, 3.63) is 68.8 Å². The van der Waals surface area contributed by atoms with Crippen LogP contribution in [0.3, 0.4) is 0 Å². The highest BCUT2D eigenvalue weighted by Gasteiger charge is 2.29. The Kier molecular flexibility index (Phi) is 6.34. The molecule has 37 heavy (non-hydrogen) atoms. The highest BCUT2D eigenvalue weighted by Crippen LogP contribution is 2.34. The van der Waals surface area contributed by atoms with Crippen LogP contribution in [0.4, 0.5) is 11.6 Å². The van der Waals surface area contributed by atoms with Gasteiger partial charge in [0.15, 0.2) is 9.84 Å². The number of benzene rings is 2. The molecule has 0 bridgehead atoms. The summed E-state index contributed by atoms with van der Waals surface area (Å²) in [5, 5.41) is 4.92. The van der Waals surface area contributed by atoms with Gasteiger partial charge in [-0.15, -0.1) is 0 Å². The average Bonchev–Trinajstić information content (AvgIpc) is 2.82. The fourth-order valence-electron chi connectivity index (χ4n) is 5.36. The number of fused-ring (bicyclic) bond motifs is 2. The second-order valence-electron chi connectivity index (χ2n) is 10.3. The van der Waals surface area contributed by atoms with Crippen molar-refractivity contribution in [3.63, 3.8) is 0 Å². The SMILES string of the molecule is COc1cc2c(cc1Nc1ncc3c(n1)=CC(N)(c1cc(S(C)(=O)=O)c(C)cc1C)CC=3)CN(C)CC2. The van der Waals surface area contributed by atoms with Gasteiger partial charge in [0, 0.05) is 30.8 Å². The Labute approximate surface area is 217 Å². The molecular weight excluding hydrogens is 486 g/mol. The molecule has 9 heteroatoms. The number of nitrogens with one attached hydrogen (secondary N) is 1. The minimum atomic E-state index is -3.39. The molecule has 1 aromatic heterocycles. The zero-order chi connectivity index (χ0) is 26.5. The zero-order valence-corrected chi connectivity index (χ0v) is 22.7. The lowest BCUT2D eigenvalue weighted by molar-refractivity contribution is 0.312. The first-order valence-electron chi connectivity index (χ1n) is 12.3. The summed E-state index contributed by atoms with van der Waals surface area (Å²) in [5.74, 6) is 1.18. The van der Waals surface area contributed by atoms with E-state index in [9.17, 15) is 8.42 Å². The van der Waals surface area contributed by atoms with E-state index in [0.29, 0.717) is 28.2 Å². The van der Waals surface area contributed by atoms with Crippen molar-refractivity contribution in [1.29, 1.82) is 0 Å². The van der Waals surface area contributed by atoms with E-state index in [2.05, 4.69) is 34.4 Å². The quantitative estimate of drug-likeness (QED) is 0.527. The lowest BCUT2D eigenvalue weighted by atomic mass is 9.82. The second-order valence-corrected chi connectivity index (χ2v) is 12.3. The zero-order valence-electron chi connectivity index (χ0n) is 21.9. The monoisotopic (exact) mass is 519 g/mol. The number of hydrogen-bond donors (Lipinski definition) is 2. The van der Waals surface area contributed by atoms with Gasteiger partial charge in [-0.05, 0) is 85.8 Å². The summed E-state index contributed by atoms with van der Waals surface area (Å²) in [7, 11) is 0.393. The third-order valence-electron chi connectivity index (χ3n) is 7.30. The molecule has 2 aliphatic rings. The first kappa shape index (κ1) is 25.4. The lowest BCUT2D eigenvalue weighted by Gasteiger charge is -2.30. The van der Waals surface area contributed by atoms with Gasteiger partial charge in [-0.1, -0.05) is 12.1 Å². The summed E-state index contributed by atoms with van der Waals surface area (Å²) >= 11 is 0. The molecule has 2 heterocycles. The predicted octanol–water partition coefficient (Wildman–Crippen LogP) is 2.06. The number of sulfone groups is 1. The van der Waals surface area contributed by atoms with Crippen molar-refractivity contribution in [3.8, 4) is 5.75 Å². The van der Waals surface area contributed by atoms with Gasteiger partial charge in [0.1, 0.15) is 5.75 Å². The van der Waals surface area contributed by atoms with Crippen LogP contribution in [0.2, 0.25) is 0 Å². The number of anilines is 2. The molecule has 0 spiro atoms. The van der Waals surface area contributed by atoms with Crippen LogP contribution in [0.15, 0.2) is 35.4 Å². The van der Waals surface area contributed by atoms with Crippen LogP contribution >= 0.6 is 0 Å². The van der Waals surface area contributed by atoms with Crippen LogP contribution < -0.4 is 26.4 Å². The number of rotatable bonds is 5. The summed E-state index contributed by atoms with van der Waals surface area (Å²) in [4.78, 5) is 11.9. The van der Waals surface area contributed by atoms with Crippen molar-refractivity contribution in [2.45, 2.75) is 43.7 Å². The van der Waals surface area contributed by atoms with E-state index in [0.717, 1.165) is 47.3 Å². The molecule has 0 saturated carbocycles. The Hall–Kier alpha value is -3.27. The van der Waals surface area contributed by atoms with E-state index in [1.807, 2.05) is 25.1 Å². The number of nitrogens with zero attached hydrogens (tertiary/aromatic N) is 3. The molecule has 0 amide bonds. The van der Waals surface area contributed by atoms with Gasteiger partial charge in [0.05, 0.1) is 28.6 Å². The maximum Gasteiger partial charge on any atom is 0.227 e. The first-order chi connectivity index (χ1) is 17.5. The van der Waals surface area contributed by atoms with Crippen LogP contribution in [0, 0.1) is 13.8 Å². The highest BCUT2D eigenvalue weighted by molar-refractivity contribution is 7.90. The van der Waals surface area contributed by atoms with Gasteiger partial charge in [-0.25, -0.2) is 18.4 Å². The normalized spacial score (nSPS) is 19.3. The van der Waals surface area contributed by atoms with Crippen molar-refractivity contribution >= 4 is 33.6 Å². The Morgan fingerprint density at radius 1 is 1.14 bits per heavy atom. The van der Waals surface area contributed by atoms with E-state index in [4.69, 9.17) is 15.5 Å². The van der Waals surface area contributed by atoms with Crippen molar-refractivity contribution in [2.24, 2.45) is 5.73 Å². The number of methoxy groups -OCH3 is 1. The van der Waals surface area contributed by atoms with Gasteiger partial charge < -0.3 is 20.7 Å². The number of likely N-dealkylation sites (N-methyl/N-ethyl adjacent to an activating group) is 1. The Morgan fingerprint density at radius 2 is 1.92 bits per heavy atom. The Morgan fingerprint density at radius 3 is 2.65 bits per heavy atom. The molecule has 194 valence electrons. The van der Waals surface area contributed by atoms with Crippen molar-refractivity contribution < 1.29 is 13.2 Å². The molecule has 1 aliphatic carbocycles. The van der Waals surface area contributed by atoms with Crippen LogP contribution in [-0.4, -0.2) is 50.2 Å². The van der Waals surface area contributed by atoms with Gasteiger partial charge in [0.2, 0.25) is 5.95 Å². The molecule has 8 nitrogen and oxygen atoms in total. The lowest BCUT2D eigenvalue weighted by Crippen LogP contribution is -2.44. The predicted molar refractivity (Wildman–Crippen MR) is 146 cm³/mol. The van der Waals surface area contributed by atoms with E-state index in [-0.39, 0.29) is 0 Å². The maximum atomic E-state index is 12.4. The number of aromatic nitrogens is 2. The summed E-state index contributed by atoms with van der Waals surface area (Å²) in [6.07, 6.45) is 8.42. The van der Waals surface area contributed by atoms with Gasteiger partial charge in [-0.2, -0.15) is 0 Å². The summed E-state index contributed by atoms with van der Waals surface area (Å²) in [6.45, 7) is 5.67. The van der Waals surface area contributed by atoms with Crippen LogP contribution in [0.25, 0.3) is 12.2 Å². The summed E-state index contributed by atoms with van der Waals surface area (Å²) in [6, 6.07) is 7.80. The van der Waals surface area contributed by atoms with Crippen molar-refractivity contribution in [1.82, 2.24) is 14.9 Å². The van der Waals surface area contributed by atoms with Crippen LogP contribution in [0.5, 0.6) is 5.75 Å². The van der Waals surface area contributed by atoms with Crippen molar-refractivity contribution in [2.75, 3.05) is 32.3 Å². The first-order valence-corrected chi connectivity index (χ1v) is 14.2. The standard InChI is InChI=1S/C28H33N5O3S/c1-17-10-18(2)26(37(5,34)35)13-22(17)28(29)8-6-20-15-30-27(32-24(20)14-28)31-23-11-21-16-33(3)9-7-19(21)12-25(23)36-4/h6,10-15H,7-9,16,29H2,1-5H3,(H,31,32). The second kappa shape index (κ2) is 9.24. The van der Waals surface area contributed by atoms with Gasteiger partial charge >= 0.3 is 0 Å². The fourth-order valence-corrected chi connectivity index (χ4v) is 6.33. The average molecular weight is 520 g/mol. The third kappa shape index (κ3) is 4.86. The van der Waals surface area contributed by atoms with E-state index < -0.39 is 15.4 Å². The maximum absolute atomic E-state index is 12.4. The number of ether oxygens (including phenoxy) is 1. The summed E-state index contributed by atoms with van der Waals surface area (Å²) < 4.78 is 30.4. The largest absolute Gasteiger partial charge is 0.495 e. The highest BCUT2D eigenvalue weighted by atomic mass is 32.2. The topological polar surface area (TPSA) is 110 Å². The van der Waals surface area contributed by atoms with Crippen LogP contribution in [0.1, 0.15) is 34.2 Å². The molecule has 0 fully saturated rings. The number of hydrogen-bond acceptors (Lipinski definition) is 8. The van der Waals surface area contributed by atoms with E-state index in [1.165, 1.54) is 17.4 Å². The molecule has 5 rings (SSSR count). The number of nitrogens with two attached hydrogens (primary N) is 1. The van der Waals surface area contributed by atoms with Gasteiger partial charge in [-0.3, -0.25) is 0 Å². The molecule has 3 aromatic rings. The minimum Gasteiger partial charge on any atom is -0.495 e. The Balaban J connectivity index is 1.55. The Bertz CT molecular complexity index is 1630. The van der Waals surface area contributed by atoms with Crippen LogP contribution in [-0.2, 0) is 28.3 Å². The summed E-state index contributed by atoms with van der Waals surface area (Å²) in [5.41, 5.74) is 11.8. The molecule has 0 saturated heterocycles. The molecule has 3 N–H and O–H groups in total.